The first-order valence-corrected chi connectivity index (χ1v) is 5.91. The van der Waals surface area contributed by atoms with E-state index in [-0.39, 0.29) is 0 Å². The molecule has 0 amide bonds. The molecule has 0 fully saturated rings. The molecule has 0 saturated carbocycles. The number of hydrogen-bond donors (Lipinski definition) is 1. The Morgan fingerprint density at radius 1 is 1.56 bits per heavy atom. The van der Waals surface area contributed by atoms with Crippen LogP contribution in [0.3, 0.4) is 0 Å². The first kappa shape index (κ1) is 13.2. The fraction of sp³-hybridized carbons (Fsp3) is 0.750. The molecule has 92 valence electrons. The van der Waals surface area contributed by atoms with Gasteiger partial charge in [-0.2, -0.15) is 5.10 Å². The third-order valence-electron chi connectivity index (χ3n) is 2.78. The SMILES string of the molecule is CCc1cc(CNC(C)CCOC)n(C)n1. The zero-order chi connectivity index (χ0) is 12.0. The van der Waals surface area contributed by atoms with Gasteiger partial charge in [-0.25, -0.2) is 0 Å². The molecule has 1 rings (SSSR count). The molecule has 1 aromatic heterocycles. The molecule has 4 heteroatoms. The molecule has 16 heavy (non-hydrogen) atoms. The van der Waals surface area contributed by atoms with Crippen LogP contribution in [0.2, 0.25) is 0 Å². The fourth-order valence-corrected chi connectivity index (χ4v) is 1.59. The lowest BCUT2D eigenvalue weighted by atomic mass is 10.2. The zero-order valence-corrected chi connectivity index (χ0v) is 10.8. The first-order valence-electron chi connectivity index (χ1n) is 5.91. The van der Waals surface area contributed by atoms with E-state index in [0.29, 0.717) is 6.04 Å². The van der Waals surface area contributed by atoms with Gasteiger partial charge in [0.15, 0.2) is 0 Å². The second kappa shape index (κ2) is 6.66. The molecule has 0 bridgehead atoms. The zero-order valence-electron chi connectivity index (χ0n) is 10.8. The smallest absolute Gasteiger partial charge is 0.0625 e. The Balaban J connectivity index is 2.38. The van der Waals surface area contributed by atoms with Gasteiger partial charge < -0.3 is 10.1 Å². The lowest BCUT2D eigenvalue weighted by Gasteiger charge is -2.12. The predicted molar refractivity (Wildman–Crippen MR) is 65.4 cm³/mol. The van der Waals surface area contributed by atoms with E-state index >= 15 is 0 Å². The Hall–Kier alpha value is -0.870. The maximum Gasteiger partial charge on any atom is 0.0625 e. The third-order valence-corrected chi connectivity index (χ3v) is 2.78. The van der Waals surface area contributed by atoms with Crippen LogP contribution in [0, 0.1) is 0 Å². The van der Waals surface area contributed by atoms with Crippen molar-refractivity contribution in [3.63, 3.8) is 0 Å². The van der Waals surface area contributed by atoms with Gasteiger partial charge in [-0.05, 0) is 25.8 Å². The molecule has 0 radical (unpaired) electrons. The van der Waals surface area contributed by atoms with E-state index in [2.05, 4.69) is 30.3 Å². The minimum absolute atomic E-state index is 0.472. The highest BCUT2D eigenvalue weighted by molar-refractivity contribution is 5.09. The molecule has 0 aliphatic heterocycles. The van der Waals surface area contributed by atoms with E-state index in [4.69, 9.17) is 4.74 Å². The van der Waals surface area contributed by atoms with Crippen LogP contribution in [-0.4, -0.2) is 29.5 Å². The average molecular weight is 225 g/mol. The van der Waals surface area contributed by atoms with Crippen molar-refractivity contribution in [2.75, 3.05) is 13.7 Å². The standard InChI is InChI=1S/C12H23N3O/c1-5-11-8-12(15(3)14-11)9-13-10(2)6-7-16-4/h8,10,13H,5-7,9H2,1-4H3. The Morgan fingerprint density at radius 3 is 2.88 bits per heavy atom. The van der Waals surface area contributed by atoms with Crippen LogP contribution in [-0.2, 0) is 24.8 Å². The van der Waals surface area contributed by atoms with Crippen molar-refractivity contribution in [2.24, 2.45) is 7.05 Å². The Morgan fingerprint density at radius 2 is 2.31 bits per heavy atom. The highest BCUT2D eigenvalue weighted by Gasteiger charge is 2.05. The molecule has 0 saturated heterocycles. The van der Waals surface area contributed by atoms with Gasteiger partial charge in [0, 0.05) is 33.4 Å². The molecule has 1 heterocycles. The van der Waals surface area contributed by atoms with Gasteiger partial charge in [0.05, 0.1) is 11.4 Å². The van der Waals surface area contributed by atoms with Crippen molar-refractivity contribution in [3.05, 3.63) is 17.5 Å². The summed E-state index contributed by atoms with van der Waals surface area (Å²) < 4.78 is 7.01. The van der Waals surface area contributed by atoms with Crippen molar-refractivity contribution in [1.82, 2.24) is 15.1 Å². The van der Waals surface area contributed by atoms with Crippen molar-refractivity contribution < 1.29 is 4.74 Å². The summed E-state index contributed by atoms with van der Waals surface area (Å²) in [6.07, 6.45) is 2.03. The normalized spacial score (nSPS) is 13.0. The van der Waals surface area contributed by atoms with Crippen LogP contribution in [0.5, 0.6) is 0 Å². The van der Waals surface area contributed by atoms with Crippen LogP contribution in [0.15, 0.2) is 6.07 Å². The molecule has 1 N–H and O–H groups in total. The van der Waals surface area contributed by atoms with E-state index in [1.807, 2.05) is 11.7 Å². The van der Waals surface area contributed by atoms with E-state index < -0.39 is 0 Å². The molecule has 1 aromatic rings. The third kappa shape index (κ3) is 3.94. The van der Waals surface area contributed by atoms with Crippen molar-refractivity contribution in [1.29, 1.82) is 0 Å². The number of aromatic nitrogens is 2. The van der Waals surface area contributed by atoms with Crippen LogP contribution in [0.4, 0.5) is 0 Å². The number of rotatable bonds is 7. The second-order valence-corrected chi connectivity index (χ2v) is 4.17. The number of aryl methyl sites for hydroxylation is 2. The number of nitrogens with one attached hydrogen (secondary N) is 1. The molecule has 1 atom stereocenters. The molecule has 0 aliphatic carbocycles. The quantitative estimate of drug-likeness (QED) is 0.764. The molecule has 0 aromatic carbocycles. The molecule has 0 aliphatic rings. The Kier molecular flexibility index (Phi) is 5.49. The first-order chi connectivity index (χ1) is 7.67. The van der Waals surface area contributed by atoms with Crippen molar-refractivity contribution in [3.8, 4) is 0 Å². The average Bonchev–Trinajstić information content (AvgIpc) is 2.64. The topological polar surface area (TPSA) is 39.1 Å². The maximum absolute atomic E-state index is 5.05. The summed E-state index contributed by atoms with van der Waals surface area (Å²) >= 11 is 0. The predicted octanol–water partition coefficient (Wildman–Crippen LogP) is 1.50. The molecule has 4 nitrogen and oxygen atoms in total. The van der Waals surface area contributed by atoms with Crippen LogP contribution in [0.25, 0.3) is 0 Å². The van der Waals surface area contributed by atoms with Crippen molar-refractivity contribution >= 4 is 0 Å². The summed E-state index contributed by atoms with van der Waals surface area (Å²) in [5, 5.41) is 7.89. The molecule has 1 unspecified atom stereocenters. The van der Waals surface area contributed by atoms with E-state index in [0.717, 1.165) is 31.7 Å². The summed E-state index contributed by atoms with van der Waals surface area (Å²) in [4.78, 5) is 0. The van der Waals surface area contributed by atoms with E-state index in [9.17, 15) is 0 Å². The number of methoxy groups -OCH3 is 1. The van der Waals surface area contributed by atoms with Gasteiger partial charge in [0.25, 0.3) is 0 Å². The molecular formula is C12H23N3O. The Bertz CT molecular complexity index is 309. The van der Waals surface area contributed by atoms with Crippen LogP contribution in [0.1, 0.15) is 31.7 Å². The van der Waals surface area contributed by atoms with Gasteiger partial charge in [-0.15, -0.1) is 0 Å². The van der Waals surface area contributed by atoms with Crippen LogP contribution < -0.4 is 5.32 Å². The summed E-state index contributed by atoms with van der Waals surface area (Å²) in [5.74, 6) is 0. The minimum Gasteiger partial charge on any atom is -0.385 e. The summed E-state index contributed by atoms with van der Waals surface area (Å²) in [7, 11) is 3.73. The summed E-state index contributed by atoms with van der Waals surface area (Å²) in [6.45, 7) is 5.98. The number of nitrogens with zero attached hydrogens (tertiary/aromatic N) is 2. The van der Waals surface area contributed by atoms with Gasteiger partial charge >= 0.3 is 0 Å². The van der Waals surface area contributed by atoms with Gasteiger partial charge in [-0.1, -0.05) is 6.92 Å². The van der Waals surface area contributed by atoms with E-state index in [1.165, 1.54) is 5.69 Å². The minimum atomic E-state index is 0.472. The van der Waals surface area contributed by atoms with Gasteiger partial charge in [0.2, 0.25) is 0 Å². The molecule has 0 spiro atoms. The van der Waals surface area contributed by atoms with Crippen molar-refractivity contribution in [2.45, 2.75) is 39.3 Å². The lowest BCUT2D eigenvalue weighted by Crippen LogP contribution is -2.27. The lowest BCUT2D eigenvalue weighted by molar-refractivity contribution is 0.184. The maximum atomic E-state index is 5.05. The van der Waals surface area contributed by atoms with Crippen LogP contribution >= 0.6 is 0 Å². The summed E-state index contributed by atoms with van der Waals surface area (Å²) in [6, 6.07) is 2.63. The largest absolute Gasteiger partial charge is 0.385 e. The Labute approximate surface area is 98.0 Å². The van der Waals surface area contributed by atoms with Gasteiger partial charge in [-0.3, -0.25) is 4.68 Å². The molecular weight excluding hydrogens is 202 g/mol. The highest BCUT2D eigenvalue weighted by Crippen LogP contribution is 2.04. The fourth-order valence-electron chi connectivity index (χ4n) is 1.59. The number of hydrogen-bond acceptors (Lipinski definition) is 3. The highest BCUT2D eigenvalue weighted by atomic mass is 16.5. The second-order valence-electron chi connectivity index (χ2n) is 4.17. The monoisotopic (exact) mass is 225 g/mol. The summed E-state index contributed by atoms with van der Waals surface area (Å²) in [5.41, 5.74) is 2.39. The number of ether oxygens (including phenoxy) is 1. The van der Waals surface area contributed by atoms with Gasteiger partial charge in [0.1, 0.15) is 0 Å². The van der Waals surface area contributed by atoms with E-state index in [1.54, 1.807) is 7.11 Å².